The van der Waals surface area contributed by atoms with Crippen LogP contribution in [0.2, 0.25) is 0 Å². The van der Waals surface area contributed by atoms with E-state index in [1.165, 1.54) is 30.3 Å². The summed E-state index contributed by atoms with van der Waals surface area (Å²) in [7, 11) is 0. The Balaban J connectivity index is 2.18. The Morgan fingerprint density at radius 1 is 1.14 bits per heavy atom. The number of esters is 1. The molecule has 3 rings (SSSR count). The second kappa shape index (κ2) is 13.3. The van der Waals surface area contributed by atoms with Gasteiger partial charge in [0, 0.05) is 6.07 Å². The van der Waals surface area contributed by atoms with E-state index in [0.717, 1.165) is 13.0 Å². The van der Waals surface area contributed by atoms with Crippen LogP contribution >= 0.6 is 0 Å². The van der Waals surface area contributed by atoms with Gasteiger partial charge in [0.2, 0.25) is 5.82 Å². The molecule has 0 spiro atoms. The van der Waals surface area contributed by atoms with Crippen LogP contribution in [0.4, 0.5) is 17.2 Å². The molecular formula is C27H28N8O9. The molecule has 17 nitrogen and oxygen atoms in total. The summed E-state index contributed by atoms with van der Waals surface area (Å²) in [5.74, 6) is -4.15. The third-order valence-corrected chi connectivity index (χ3v) is 5.28. The highest BCUT2D eigenvalue weighted by Crippen LogP contribution is 2.38. The highest BCUT2D eigenvalue weighted by molar-refractivity contribution is 5.93. The minimum absolute atomic E-state index is 0.0583. The molecule has 1 aromatic heterocycles. The number of carbonyl (C=O) groups is 2. The number of nitro groups is 1. The zero-order chi connectivity index (χ0) is 32.8. The molecule has 230 valence electrons. The van der Waals surface area contributed by atoms with E-state index >= 15 is 0 Å². The second-order valence-electron chi connectivity index (χ2n) is 10.0. The highest BCUT2D eigenvalue weighted by Gasteiger charge is 2.33. The molecule has 0 aliphatic rings. The molecule has 0 radical (unpaired) electrons. The van der Waals surface area contributed by atoms with Gasteiger partial charge in [-0.25, -0.2) is 14.6 Å². The Hall–Kier alpha value is -6.02. The summed E-state index contributed by atoms with van der Waals surface area (Å²) >= 11 is 0. The van der Waals surface area contributed by atoms with Crippen molar-refractivity contribution < 1.29 is 38.9 Å². The smallest absolute Gasteiger partial charge is 0.373 e. The maximum Gasteiger partial charge on any atom is 0.373 e. The van der Waals surface area contributed by atoms with Gasteiger partial charge < -0.3 is 41.2 Å². The summed E-state index contributed by atoms with van der Waals surface area (Å²) < 4.78 is 16.7. The minimum atomic E-state index is -1.75. The summed E-state index contributed by atoms with van der Waals surface area (Å²) in [5, 5.41) is 43.5. The largest absolute Gasteiger partial charge is 0.480 e. The minimum Gasteiger partial charge on any atom is -0.480 e. The van der Waals surface area contributed by atoms with Crippen LogP contribution in [-0.4, -0.2) is 60.7 Å². The Kier molecular flexibility index (Phi) is 9.83. The van der Waals surface area contributed by atoms with Crippen LogP contribution < -0.4 is 26.3 Å². The number of carboxylic acid groups (broad SMARTS) is 1. The zero-order valence-electron chi connectivity index (χ0n) is 23.8. The van der Waals surface area contributed by atoms with Crippen molar-refractivity contribution in [1.29, 1.82) is 5.26 Å². The number of guanidine groups is 1. The standard InChI is InChI=1S/C27H28N8O9/c1-13(36)19(23(37)38)32-21-20(35(40)41)22(34-26(33-21)43-16-7-5-6-15(10-16)31-25(29)30)42-17-9-8-14(12-28)18(11-17)24(39)44-27(2,3)4/h5-11,13,19,36H,1-4H3,(H,37,38)(H4,29,30,31)(H,32,33,34). The number of nitrogens with one attached hydrogen (secondary N) is 1. The van der Waals surface area contributed by atoms with Gasteiger partial charge in [-0.3, -0.25) is 10.1 Å². The van der Waals surface area contributed by atoms with Gasteiger partial charge in [-0.2, -0.15) is 15.2 Å². The van der Waals surface area contributed by atoms with Crippen LogP contribution in [0.1, 0.15) is 43.6 Å². The fourth-order valence-corrected chi connectivity index (χ4v) is 3.50. The predicted molar refractivity (Wildman–Crippen MR) is 154 cm³/mol. The van der Waals surface area contributed by atoms with Crippen LogP contribution in [0.5, 0.6) is 23.4 Å². The fourth-order valence-electron chi connectivity index (χ4n) is 3.50. The van der Waals surface area contributed by atoms with Gasteiger partial charge in [-0.05, 0) is 58.0 Å². The molecule has 2 aromatic carbocycles. The summed E-state index contributed by atoms with van der Waals surface area (Å²) in [5.41, 5.74) is 9.04. The van der Waals surface area contributed by atoms with Crippen molar-refractivity contribution in [3.8, 4) is 29.5 Å². The number of aromatic nitrogens is 2. The Labute approximate surface area is 249 Å². The molecule has 0 bridgehead atoms. The lowest BCUT2D eigenvalue weighted by Gasteiger charge is -2.20. The van der Waals surface area contributed by atoms with Crippen molar-refractivity contribution in [1.82, 2.24) is 9.97 Å². The van der Waals surface area contributed by atoms with Crippen molar-refractivity contribution in [2.24, 2.45) is 16.5 Å². The molecule has 3 aromatic rings. The number of aliphatic hydroxyl groups is 1. The van der Waals surface area contributed by atoms with E-state index in [0.29, 0.717) is 0 Å². The van der Waals surface area contributed by atoms with Gasteiger partial charge in [0.05, 0.1) is 27.8 Å². The number of aliphatic imine (C=N–C) groups is 1. The molecule has 7 N–H and O–H groups in total. The third kappa shape index (κ3) is 8.50. The lowest BCUT2D eigenvalue weighted by Crippen LogP contribution is -2.39. The number of carboxylic acids is 1. The SMILES string of the molecule is CC(O)C(Nc1nc(Oc2cccc(N=C(N)N)c2)nc(Oc2ccc(C#N)c(C(=O)OC(C)(C)C)c2)c1[N+](=O)[O-])C(=O)O. The predicted octanol–water partition coefficient (Wildman–Crippen LogP) is 2.95. The molecule has 0 amide bonds. The van der Waals surface area contributed by atoms with Crippen molar-refractivity contribution in [2.45, 2.75) is 45.4 Å². The van der Waals surface area contributed by atoms with E-state index in [4.69, 9.17) is 25.7 Å². The van der Waals surface area contributed by atoms with Gasteiger partial charge in [0.25, 0.3) is 0 Å². The number of hydrogen-bond donors (Lipinski definition) is 5. The topological polar surface area (TPSA) is 271 Å². The molecule has 0 aliphatic carbocycles. The molecule has 0 saturated carbocycles. The van der Waals surface area contributed by atoms with Crippen LogP contribution in [0, 0.1) is 21.4 Å². The number of nitrogens with two attached hydrogens (primary N) is 2. The number of aliphatic hydroxyl groups excluding tert-OH is 1. The number of carbonyl (C=O) groups excluding carboxylic acids is 1. The number of nitriles is 1. The number of aliphatic carboxylic acids is 1. The van der Waals surface area contributed by atoms with E-state index in [1.807, 2.05) is 6.07 Å². The Morgan fingerprint density at radius 2 is 1.82 bits per heavy atom. The third-order valence-electron chi connectivity index (χ3n) is 5.28. The fraction of sp³-hybridized carbons (Fsp3) is 0.259. The maximum absolute atomic E-state index is 12.8. The first-order valence-electron chi connectivity index (χ1n) is 12.6. The second-order valence-corrected chi connectivity index (χ2v) is 10.0. The summed E-state index contributed by atoms with van der Waals surface area (Å²) in [6.07, 6.45) is -1.53. The highest BCUT2D eigenvalue weighted by atomic mass is 16.6. The normalized spacial score (nSPS) is 12.2. The first-order chi connectivity index (χ1) is 20.6. The Morgan fingerprint density at radius 3 is 2.39 bits per heavy atom. The van der Waals surface area contributed by atoms with Crippen molar-refractivity contribution >= 4 is 35.1 Å². The van der Waals surface area contributed by atoms with Crippen LogP contribution in [0.15, 0.2) is 47.5 Å². The number of nitrogens with zero attached hydrogens (tertiary/aromatic N) is 5. The van der Waals surface area contributed by atoms with E-state index < -0.39 is 58.0 Å². The molecule has 44 heavy (non-hydrogen) atoms. The summed E-state index contributed by atoms with van der Waals surface area (Å²) in [4.78, 5) is 47.7. The van der Waals surface area contributed by atoms with E-state index in [1.54, 1.807) is 26.8 Å². The molecule has 0 saturated heterocycles. The van der Waals surface area contributed by atoms with E-state index in [2.05, 4.69) is 20.3 Å². The monoisotopic (exact) mass is 608 g/mol. The summed E-state index contributed by atoms with van der Waals surface area (Å²) in [6, 6.07) is 9.12. The molecule has 0 fully saturated rings. The van der Waals surface area contributed by atoms with E-state index in [9.17, 15) is 35.2 Å². The lowest BCUT2D eigenvalue weighted by atomic mass is 10.1. The molecular weight excluding hydrogens is 580 g/mol. The molecule has 17 heteroatoms. The van der Waals surface area contributed by atoms with Crippen LogP contribution in [0.3, 0.4) is 0 Å². The Bertz CT molecular complexity index is 1660. The van der Waals surface area contributed by atoms with Gasteiger partial charge >= 0.3 is 29.5 Å². The first kappa shape index (κ1) is 32.5. The van der Waals surface area contributed by atoms with Crippen LogP contribution in [-0.2, 0) is 9.53 Å². The van der Waals surface area contributed by atoms with Crippen molar-refractivity contribution in [2.75, 3.05) is 5.32 Å². The first-order valence-corrected chi connectivity index (χ1v) is 12.6. The van der Waals surface area contributed by atoms with Crippen molar-refractivity contribution in [3.63, 3.8) is 0 Å². The maximum atomic E-state index is 12.8. The van der Waals surface area contributed by atoms with E-state index in [-0.39, 0.29) is 34.3 Å². The number of benzene rings is 2. The van der Waals surface area contributed by atoms with Gasteiger partial charge in [-0.1, -0.05) is 6.07 Å². The average molecular weight is 609 g/mol. The average Bonchev–Trinajstić information content (AvgIpc) is 2.89. The number of anilines is 1. The molecule has 2 unspecified atom stereocenters. The van der Waals surface area contributed by atoms with Gasteiger partial charge in [0.1, 0.15) is 23.2 Å². The zero-order valence-corrected chi connectivity index (χ0v) is 23.8. The van der Waals surface area contributed by atoms with Gasteiger partial charge in [0.15, 0.2) is 12.0 Å². The van der Waals surface area contributed by atoms with Gasteiger partial charge in [-0.15, -0.1) is 0 Å². The number of hydrogen-bond acceptors (Lipinski definition) is 13. The summed E-state index contributed by atoms with van der Waals surface area (Å²) in [6.45, 7) is 6.03. The quantitative estimate of drug-likeness (QED) is 0.0688. The molecule has 1 heterocycles. The molecule has 0 aliphatic heterocycles. The van der Waals surface area contributed by atoms with Crippen molar-refractivity contribution in [3.05, 3.63) is 63.7 Å². The number of rotatable bonds is 11. The molecule has 2 atom stereocenters. The lowest BCUT2D eigenvalue weighted by molar-refractivity contribution is -0.385. The van der Waals surface area contributed by atoms with Crippen LogP contribution in [0.25, 0.3) is 0 Å². The number of ether oxygens (including phenoxy) is 3.